The maximum atomic E-state index is 12.1. The van der Waals surface area contributed by atoms with Crippen LogP contribution < -0.4 is 5.32 Å². The highest BCUT2D eigenvalue weighted by Gasteiger charge is 2.11. The van der Waals surface area contributed by atoms with Crippen LogP contribution in [0.2, 0.25) is 0 Å². The Kier molecular flexibility index (Phi) is 4.91. The number of hydrogen-bond acceptors (Lipinski definition) is 3. The summed E-state index contributed by atoms with van der Waals surface area (Å²) in [6.45, 7) is -0.332. The molecule has 120 valence electrons. The minimum atomic E-state index is -0.522. The fraction of sp³-hybridized carbons (Fsp3) is 0.0526. The van der Waals surface area contributed by atoms with Crippen LogP contribution in [0.25, 0.3) is 10.8 Å². The average molecular weight is 384 g/mol. The molecule has 0 aromatic heterocycles. The van der Waals surface area contributed by atoms with Crippen LogP contribution in [0.5, 0.6) is 0 Å². The van der Waals surface area contributed by atoms with Crippen molar-refractivity contribution in [1.82, 2.24) is 0 Å². The lowest BCUT2D eigenvalue weighted by Crippen LogP contribution is -2.20. The molecule has 0 atom stereocenters. The second-order valence-electron chi connectivity index (χ2n) is 5.19. The van der Waals surface area contributed by atoms with Crippen LogP contribution in [-0.2, 0) is 9.53 Å². The maximum absolute atomic E-state index is 12.1. The maximum Gasteiger partial charge on any atom is 0.338 e. The van der Waals surface area contributed by atoms with Gasteiger partial charge in [-0.2, -0.15) is 0 Å². The summed E-state index contributed by atoms with van der Waals surface area (Å²) in [5, 5.41) is 4.66. The fourth-order valence-corrected chi connectivity index (χ4v) is 2.53. The van der Waals surface area contributed by atoms with Gasteiger partial charge in [0.2, 0.25) is 0 Å². The Morgan fingerprint density at radius 2 is 1.62 bits per heavy atom. The molecule has 0 bridgehead atoms. The zero-order valence-corrected chi connectivity index (χ0v) is 14.2. The van der Waals surface area contributed by atoms with E-state index in [1.165, 1.54) is 0 Å². The van der Waals surface area contributed by atoms with E-state index in [0.29, 0.717) is 11.3 Å². The first-order chi connectivity index (χ1) is 11.6. The highest BCUT2D eigenvalue weighted by molar-refractivity contribution is 9.10. The van der Waals surface area contributed by atoms with Crippen molar-refractivity contribution in [3.8, 4) is 0 Å². The number of esters is 1. The standard InChI is InChI=1S/C19H14BrNO3/c20-16-7-9-17(10-8-16)21-18(22)12-24-19(23)15-6-5-13-3-1-2-4-14(13)11-15/h1-11H,12H2,(H,21,22). The molecule has 3 rings (SSSR count). The van der Waals surface area contributed by atoms with Crippen LogP contribution in [0.3, 0.4) is 0 Å². The zero-order chi connectivity index (χ0) is 16.9. The van der Waals surface area contributed by atoms with Crippen LogP contribution in [0.15, 0.2) is 71.2 Å². The van der Waals surface area contributed by atoms with Gasteiger partial charge in [-0.3, -0.25) is 4.79 Å². The molecule has 5 heteroatoms. The largest absolute Gasteiger partial charge is 0.452 e. The molecule has 1 amide bonds. The van der Waals surface area contributed by atoms with Crippen molar-refractivity contribution in [3.05, 3.63) is 76.8 Å². The van der Waals surface area contributed by atoms with Crippen LogP contribution in [0.4, 0.5) is 5.69 Å². The predicted octanol–water partition coefficient (Wildman–Crippen LogP) is 4.40. The Bertz CT molecular complexity index is 891. The number of hydrogen-bond donors (Lipinski definition) is 1. The van der Waals surface area contributed by atoms with Crippen molar-refractivity contribution in [2.75, 3.05) is 11.9 Å². The number of benzene rings is 3. The zero-order valence-electron chi connectivity index (χ0n) is 12.7. The van der Waals surface area contributed by atoms with Gasteiger partial charge in [-0.1, -0.05) is 46.3 Å². The van der Waals surface area contributed by atoms with E-state index in [-0.39, 0.29) is 12.5 Å². The van der Waals surface area contributed by atoms with E-state index in [1.54, 1.807) is 24.3 Å². The van der Waals surface area contributed by atoms with Gasteiger partial charge in [-0.05, 0) is 47.2 Å². The lowest BCUT2D eigenvalue weighted by molar-refractivity contribution is -0.119. The second-order valence-corrected chi connectivity index (χ2v) is 6.11. The first-order valence-corrected chi connectivity index (χ1v) is 8.12. The molecule has 0 unspecified atom stereocenters. The molecule has 3 aromatic carbocycles. The van der Waals surface area contributed by atoms with E-state index in [9.17, 15) is 9.59 Å². The van der Waals surface area contributed by atoms with Crippen molar-refractivity contribution in [3.63, 3.8) is 0 Å². The number of fused-ring (bicyclic) bond motifs is 1. The fourth-order valence-electron chi connectivity index (χ4n) is 2.26. The third-order valence-electron chi connectivity index (χ3n) is 3.45. The molecule has 0 aliphatic heterocycles. The van der Waals surface area contributed by atoms with Gasteiger partial charge < -0.3 is 10.1 Å². The Hall–Kier alpha value is -2.66. The van der Waals surface area contributed by atoms with E-state index in [1.807, 2.05) is 42.5 Å². The van der Waals surface area contributed by atoms with Gasteiger partial charge >= 0.3 is 5.97 Å². The van der Waals surface area contributed by atoms with E-state index in [2.05, 4.69) is 21.2 Å². The van der Waals surface area contributed by atoms with Crippen LogP contribution in [-0.4, -0.2) is 18.5 Å². The van der Waals surface area contributed by atoms with Gasteiger partial charge in [0.05, 0.1) is 5.56 Å². The molecule has 0 saturated carbocycles. The number of anilines is 1. The number of halogens is 1. The molecular formula is C19H14BrNO3. The Labute approximate surface area is 147 Å². The molecule has 0 heterocycles. The number of ether oxygens (including phenoxy) is 1. The molecule has 0 fully saturated rings. The lowest BCUT2D eigenvalue weighted by Gasteiger charge is -2.07. The quantitative estimate of drug-likeness (QED) is 0.679. The van der Waals surface area contributed by atoms with Crippen molar-refractivity contribution in [1.29, 1.82) is 0 Å². The molecule has 0 aliphatic rings. The van der Waals surface area contributed by atoms with Crippen molar-refractivity contribution in [2.24, 2.45) is 0 Å². The van der Waals surface area contributed by atoms with Gasteiger partial charge in [0.1, 0.15) is 0 Å². The Balaban J connectivity index is 1.59. The smallest absolute Gasteiger partial charge is 0.338 e. The minimum absolute atomic E-state index is 0.332. The summed E-state index contributed by atoms with van der Waals surface area (Å²) in [5.74, 6) is -0.904. The number of carbonyl (C=O) groups excluding carboxylic acids is 2. The van der Waals surface area contributed by atoms with Crippen LogP contribution in [0, 0.1) is 0 Å². The van der Waals surface area contributed by atoms with Crippen molar-refractivity contribution < 1.29 is 14.3 Å². The molecule has 0 saturated heterocycles. The summed E-state index contributed by atoms with van der Waals surface area (Å²) >= 11 is 3.32. The molecule has 0 radical (unpaired) electrons. The summed E-state index contributed by atoms with van der Waals surface area (Å²) < 4.78 is 5.99. The molecule has 4 nitrogen and oxygen atoms in total. The number of amides is 1. The molecule has 24 heavy (non-hydrogen) atoms. The van der Waals surface area contributed by atoms with Gasteiger partial charge in [-0.15, -0.1) is 0 Å². The summed E-state index contributed by atoms with van der Waals surface area (Å²) in [6, 6.07) is 20.2. The molecular weight excluding hydrogens is 370 g/mol. The Morgan fingerprint density at radius 3 is 2.38 bits per heavy atom. The van der Waals surface area contributed by atoms with Gasteiger partial charge in [0, 0.05) is 10.2 Å². The normalized spacial score (nSPS) is 10.4. The average Bonchev–Trinajstić information content (AvgIpc) is 2.61. The number of carbonyl (C=O) groups is 2. The summed E-state index contributed by atoms with van der Waals surface area (Å²) in [4.78, 5) is 23.9. The van der Waals surface area contributed by atoms with E-state index in [4.69, 9.17) is 4.74 Å². The lowest BCUT2D eigenvalue weighted by atomic mass is 10.1. The third kappa shape index (κ3) is 4.00. The van der Waals surface area contributed by atoms with Gasteiger partial charge in [0.15, 0.2) is 6.61 Å². The third-order valence-corrected chi connectivity index (χ3v) is 3.98. The van der Waals surface area contributed by atoms with E-state index in [0.717, 1.165) is 15.2 Å². The van der Waals surface area contributed by atoms with E-state index >= 15 is 0 Å². The minimum Gasteiger partial charge on any atom is -0.452 e. The summed E-state index contributed by atoms with van der Waals surface area (Å²) in [7, 11) is 0. The first-order valence-electron chi connectivity index (χ1n) is 7.33. The molecule has 0 spiro atoms. The highest BCUT2D eigenvalue weighted by atomic mass is 79.9. The van der Waals surface area contributed by atoms with Gasteiger partial charge in [-0.25, -0.2) is 4.79 Å². The SMILES string of the molecule is O=C(COC(=O)c1ccc2ccccc2c1)Nc1ccc(Br)cc1. The van der Waals surface area contributed by atoms with Crippen LogP contribution >= 0.6 is 15.9 Å². The summed E-state index contributed by atoms with van der Waals surface area (Å²) in [6.07, 6.45) is 0. The predicted molar refractivity (Wildman–Crippen MR) is 97.0 cm³/mol. The number of rotatable bonds is 4. The highest BCUT2D eigenvalue weighted by Crippen LogP contribution is 2.16. The topological polar surface area (TPSA) is 55.4 Å². The molecule has 3 aromatic rings. The number of nitrogens with one attached hydrogen (secondary N) is 1. The molecule has 0 aliphatic carbocycles. The van der Waals surface area contributed by atoms with Crippen LogP contribution in [0.1, 0.15) is 10.4 Å². The monoisotopic (exact) mass is 383 g/mol. The first kappa shape index (κ1) is 16.2. The van der Waals surface area contributed by atoms with Crippen molar-refractivity contribution >= 4 is 44.3 Å². The van der Waals surface area contributed by atoms with E-state index < -0.39 is 5.97 Å². The van der Waals surface area contributed by atoms with Crippen molar-refractivity contribution in [2.45, 2.75) is 0 Å². The van der Waals surface area contributed by atoms with Gasteiger partial charge in [0.25, 0.3) is 5.91 Å². The second kappa shape index (κ2) is 7.27. The Morgan fingerprint density at radius 1 is 0.917 bits per heavy atom. The molecule has 1 N–H and O–H groups in total. The summed E-state index contributed by atoms with van der Waals surface area (Å²) in [5.41, 5.74) is 1.06.